The monoisotopic (exact) mass is 407 g/mol. The molecule has 1 aromatic carbocycles. The molecule has 3 rings (SSSR count). The van der Waals surface area contributed by atoms with Crippen LogP contribution in [0.4, 0.5) is 13.2 Å². The number of amides is 2. The molecule has 2 amide bonds. The Morgan fingerprint density at radius 2 is 1.76 bits per heavy atom. The number of carbonyl (C=O) groups excluding carboxylic acids is 2. The highest BCUT2D eigenvalue weighted by Gasteiger charge is 2.28. The van der Waals surface area contributed by atoms with Crippen LogP contribution in [-0.2, 0) is 0 Å². The second kappa shape index (κ2) is 8.59. The third kappa shape index (κ3) is 5.43. The number of rotatable bonds is 7. The number of halogens is 3. The Hall–Kier alpha value is -3.63. The van der Waals surface area contributed by atoms with Crippen molar-refractivity contribution in [3.63, 3.8) is 0 Å². The van der Waals surface area contributed by atoms with Gasteiger partial charge in [0.1, 0.15) is 0 Å². The number of H-pyrrole nitrogens is 1. The van der Waals surface area contributed by atoms with Gasteiger partial charge < -0.3 is 15.4 Å². The topological polar surface area (TPSA) is 109 Å². The molecule has 11 heteroatoms. The zero-order valence-electron chi connectivity index (χ0n) is 14.9. The number of benzene rings is 1. The van der Waals surface area contributed by atoms with E-state index < -0.39 is 18.7 Å². The SMILES string of the molecule is O=C(NCCNC(=O)c1n[nH]c2ccccc12)c1ccc(OCC(F)(F)F)nc1. The first-order valence-corrected chi connectivity index (χ1v) is 8.48. The summed E-state index contributed by atoms with van der Waals surface area (Å²) < 4.78 is 40.8. The molecule has 0 aliphatic carbocycles. The molecule has 0 atom stereocenters. The summed E-state index contributed by atoms with van der Waals surface area (Å²) in [4.78, 5) is 27.9. The summed E-state index contributed by atoms with van der Waals surface area (Å²) in [6.45, 7) is -1.16. The second-order valence-corrected chi connectivity index (χ2v) is 5.92. The number of pyridine rings is 1. The zero-order chi connectivity index (χ0) is 20.9. The van der Waals surface area contributed by atoms with Crippen molar-refractivity contribution in [1.29, 1.82) is 0 Å². The van der Waals surface area contributed by atoms with Gasteiger partial charge in [-0.15, -0.1) is 0 Å². The van der Waals surface area contributed by atoms with E-state index in [9.17, 15) is 22.8 Å². The van der Waals surface area contributed by atoms with Crippen molar-refractivity contribution in [2.45, 2.75) is 6.18 Å². The lowest BCUT2D eigenvalue weighted by atomic mass is 10.2. The fourth-order valence-corrected chi connectivity index (χ4v) is 2.43. The number of carbonyl (C=O) groups is 2. The minimum absolute atomic E-state index is 0.138. The molecule has 0 fully saturated rings. The number of nitrogens with one attached hydrogen (secondary N) is 3. The van der Waals surface area contributed by atoms with Crippen molar-refractivity contribution in [3.05, 3.63) is 53.9 Å². The standard InChI is InChI=1S/C18H16F3N5O3/c19-18(20,21)10-29-14-6-5-11(9-24-14)16(27)22-7-8-23-17(28)15-12-3-1-2-4-13(12)25-26-15/h1-6,9H,7-8,10H2,(H,22,27)(H,23,28)(H,25,26). The van der Waals surface area contributed by atoms with Crippen molar-refractivity contribution >= 4 is 22.7 Å². The van der Waals surface area contributed by atoms with Crippen LogP contribution in [0.1, 0.15) is 20.8 Å². The summed E-state index contributed by atoms with van der Waals surface area (Å²) in [6.07, 6.45) is -3.36. The molecule has 8 nitrogen and oxygen atoms in total. The number of nitrogens with zero attached hydrogens (tertiary/aromatic N) is 2. The van der Waals surface area contributed by atoms with Crippen LogP contribution in [0.3, 0.4) is 0 Å². The van der Waals surface area contributed by atoms with E-state index >= 15 is 0 Å². The van der Waals surface area contributed by atoms with Gasteiger partial charge in [0, 0.05) is 30.7 Å². The predicted molar refractivity (Wildman–Crippen MR) is 96.5 cm³/mol. The highest BCUT2D eigenvalue weighted by molar-refractivity contribution is 6.04. The summed E-state index contributed by atoms with van der Waals surface area (Å²) >= 11 is 0. The van der Waals surface area contributed by atoms with E-state index in [-0.39, 0.29) is 36.1 Å². The van der Waals surface area contributed by atoms with E-state index in [1.807, 2.05) is 6.07 Å². The van der Waals surface area contributed by atoms with Crippen molar-refractivity contribution in [2.75, 3.05) is 19.7 Å². The fraction of sp³-hybridized carbons (Fsp3) is 0.222. The molecule has 152 valence electrons. The Labute approximate surface area is 162 Å². The normalized spacial score (nSPS) is 11.3. The lowest BCUT2D eigenvalue weighted by Crippen LogP contribution is -2.35. The van der Waals surface area contributed by atoms with Crippen LogP contribution in [0.2, 0.25) is 0 Å². The summed E-state index contributed by atoms with van der Waals surface area (Å²) in [7, 11) is 0. The average molecular weight is 407 g/mol. The van der Waals surface area contributed by atoms with Crippen molar-refractivity contribution in [2.24, 2.45) is 0 Å². The molecule has 2 aromatic heterocycles. The first-order chi connectivity index (χ1) is 13.8. The molecule has 0 aliphatic rings. The molecule has 0 radical (unpaired) electrons. The Morgan fingerprint density at radius 1 is 1.03 bits per heavy atom. The van der Waals surface area contributed by atoms with Crippen LogP contribution in [0.25, 0.3) is 10.9 Å². The lowest BCUT2D eigenvalue weighted by Gasteiger charge is -2.09. The van der Waals surface area contributed by atoms with Gasteiger partial charge in [0.15, 0.2) is 12.3 Å². The first kappa shape index (κ1) is 20.1. The average Bonchev–Trinajstić information content (AvgIpc) is 3.13. The number of ether oxygens (including phenoxy) is 1. The maximum Gasteiger partial charge on any atom is 0.422 e. The highest BCUT2D eigenvalue weighted by atomic mass is 19.4. The molecular weight excluding hydrogens is 391 g/mol. The van der Waals surface area contributed by atoms with E-state index in [4.69, 9.17) is 0 Å². The Morgan fingerprint density at radius 3 is 2.45 bits per heavy atom. The third-order valence-corrected chi connectivity index (χ3v) is 3.76. The summed E-state index contributed by atoms with van der Waals surface area (Å²) in [5.74, 6) is -1.11. The van der Waals surface area contributed by atoms with Gasteiger partial charge in [-0.2, -0.15) is 18.3 Å². The number of hydrogen-bond acceptors (Lipinski definition) is 5. The Bertz CT molecular complexity index is 1000. The fourth-order valence-electron chi connectivity index (χ4n) is 2.43. The molecule has 2 heterocycles. The predicted octanol–water partition coefficient (Wildman–Crippen LogP) is 2.06. The summed E-state index contributed by atoms with van der Waals surface area (Å²) in [6, 6.07) is 9.65. The molecule has 0 saturated heterocycles. The third-order valence-electron chi connectivity index (χ3n) is 3.76. The number of hydrogen-bond donors (Lipinski definition) is 3. The highest BCUT2D eigenvalue weighted by Crippen LogP contribution is 2.17. The molecular formula is C18H16F3N5O3. The Balaban J connectivity index is 1.44. The minimum Gasteiger partial charge on any atom is -0.468 e. The van der Waals surface area contributed by atoms with Gasteiger partial charge in [-0.05, 0) is 12.1 Å². The number of para-hydroxylation sites is 1. The van der Waals surface area contributed by atoms with E-state index in [2.05, 4.69) is 30.6 Å². The van der Waals surface area contributed by atoms with Gasteiger partial charge in [-0.25, -0.2) is 4.98 Å². The smallest absolute Gasteiger partial charge is 0.422 e. The summed E-state index contributed by atoms with van der Waals surface area (Å²) in [5, 5.41) is 12.6. The maximum atomic E-state index is 12.2. The zero-order valence-corrected chi connectivity index (χ0v) is 14.9. The van der Waals surface area contributed by atoms with Crippen LogP contribution in [0.5, 0.6) is 5.88 Å². The number of aromatic amines is 1. The number of fused-ring (bicyclic) bond motifs is 1. The van der Waals surface area contributed by atoms with Crippen molar-refractivity contribution < 1.29 is 27.5 Å². The number of aromatic nitrogens is 3. The van der Waals surface area contributed by atoms with E-state index in [1.54, 1.807) is 18.2 Å². The van der Waals surface area contributed by atoms with E-state index in [1.165, 1.54) is 12.1 Å². The molecule has 0 bridgehead atoms. The molecule has 0 aliphatic heterocycles. The molecule has 3 aromatic rings. The largest absolute Gasteiger partial charge is 0.468 e. The van der Waals surface area contributed by atoms with Crippen LogP contribution >= 0.6 is 0 Å². The second-order valence-electron chi connectivity index (χ2n) is 5.92. The lowest BCUT2D eigenvalue weighted by molar-refractivity contribution is -0.154. The first-order valence-electron chi connectivity index (χ1n) is 8.48. The number of alkyl halides is 3. The van der Waals surface area contributed by atoms with E-state index in [0.29, 0.717) is 5.39 Å². The summed E-state index contributed by atoms with van der Waals surface area (Å²) in [5.41, 5.74) is 1.14. The van der Waals surface area contributed by atoms with Gasteiger partial charge in [0.05, 0.1) is 11.1 Å². The maximum absolute atomic E-state index is 12.2. The quantitative estimate of drug-likeness (QED) is 0.520. The van der Waals surface area contributed by atoms with E-state index in [0.717, 1.165) is 11.7 Å². The molecule has 0 saturated carbocycles. The van der Waals surface area contributed by atoms with Crippen molar-refractivity contribution in [3.8, 4) is 5.88 Å². The molecule has 0 unspecified atom stereocenters. The van der Waals surface area contributed by atoms with Crippen LogP contribution < -0.4 is 15.4 Å². The van der Waals surface area contributed by atoms with Crippen LogP contribution in [-0.4, -0.2) is 52.9 Å². The van der Waals surface area contributed by atoms with Gasteiger partial charge in [-0.3, -0.25) is 14.7 Å². The van der Waals surface area contributed by atoms with Gasteiger partial charge in [0.2, 0.25) is 5.88 Å². The van der Waals surface area contributed by atoms with Crippen LogP contribution in [0, 0.1) is 0 Å². The van der Waals surface area contributed by atoms with Gasteiger partial charge in [-0.1, -0.05) is 18.2 Å². The van der Waals surface area contributed by atoms with Gasteiger partial charge >= 0.3 is 6.18 Å². The van der Waals surface area contributed by atoms with Crippen LogP contribution in [0.15, 0.2) is 42.6 Å². The van der Waals surface area contributed by atoms with Gasteiger partial charge in [0.25, 0.3) is 11.8 Å². The molecule has 29 heavy (non-hydrogen) atoms. The Kier molecular flexibility index (Phi) is 5.96. The molecule has 3 N–H and O–H groups in total. The van der Waals surface area contributed by atoms with Crippen molar-refractivity contribution in [1.82, 2.24) is 25.8 Å². The minimum atomic E-state index is -4.47. The molecule has 0 spiro atoms.